The Bertz CT molecular complexity index is 756. The van der Waals surface area contributed by atoms with Gasteiger partial charge in [-0.1, -0.05) is 37.6 Å². The number of anilines is 1. The molecule has 0 bridgehead atoms. The molecule has 0 unspecified atom stereocenters. The van der Waals surface area contributed by atoms with E-state index in [2.05, 4.69) is 10.6 Å². The Balaban J connectivity index is 1.90. The van der Waals surface area contributed by atoms with Crippen LogP contribution in [0.4, 0.5) is 10.5 Å². The number of nitrogens with one attached hydrogen (secondary N) is 2. The molecule has 6 heteroatoms. The SMILES string of the molecule is CCOC(=O)c1ccc(NC(=O)NCC(C)(C)c2ccc(Cl)cc2)cc1. The van der Waals surface area contributed by atoms with Crippen molar-refractivity contribution >= 4 is 29.3 Å². The molecule has 2 rings (SSSR count). The molecule has 0 fully saturated rings. The summed E-state index contributed by atoms with van der Waals surface area (Å²) < 4.78 is 4.93. The Morgan fingerprint density at radius 1 is 1.04 bits per heavy atom. The lowest BCUT2D eigenvalue weighted by Crippen LogP contribution is -2.38. The van der Waals surface area contributed by atoms with Gasteiger partial charge in [0.1, 0.15) is 0 Å². The summed E-state index contributed by atoms with van der Waals surface area (Å²) in [6.45, 7) is 6.63. The van der Waals surface area contributed by atoms with E-state index in [4.69, 9.17) is 16.3 Å². The fourth-order valence-corrected chi connectivity index (χ4v) is 2.51. The summed E-state index contributed by atoms with van der Waals surface area (Å²) in [5, 5.41) is 6.30. The van der Waals surface area contributed by atoms with E-state index in [9.17, 15) is 9.59 Å². The van der Waals surface area contributed by atoms with Crippen LogP contribution in [0.15, 0.2) is 48.5 Å². The van der Waals surface area contributed by atoms with Crippen molar-refractivity contribution in [3.8, 4) is 0 Å². The molecule has 0 heterocycles. The van der Waals surface area contributed by atoms with Gasteiger partial charge in [-0.2, -0.15) is 0 Å². The Morgan fingerprint density at radius 3 is 2.23 bits per heavy atom. The monoisotopic (exact) mass is 374 g/mol. The normalized spacial score (nSPS) is 10.9. The molecule has 0 aliphatic carbocycles. The third-order valence-corrected chi connectivity index (χ3v) is 4.22. The summed E-state index contributed by atoms with van der Waals surface area (Å²) in [5.41, 5.74) is 1.89. The van der Waals surface area contributed by atoms with Gasteiger partial charge in [-0.25, -0.2) is 9.59 Å². The fraction of sp³-hybridized carbons (Fsp3) is 0.300. The third kappa shape index (κ3) is 5.49. The number of urea groups is 1. The van der Waals surface area contributed by atoms with Gasteiger partial charge in [0.05, 0.1) is 12.2 Å². The van der Waals surface area contributed by atoms with Gasteiger partial charge in [0, 0.05) is 22.7 Å². The number of ether oxygens (including phenoxy) is 1. The summed E-state index contributed by atoms with van der Waals surface area (Å²) in [7, 11) is 0. The zero-order valence-corrected chi connectivity index (χ0v) is 15.9. The fourth-order valence-electron chi connectivity index (χ4n) is 2.38. The molecule has 5 nitrogen and oxygen atoms in total. The van der Waals surface area contributed by atoms with Gasteiger partial charge in [0.25, 0.3) is 0 Å². The summed E-state index contributed by atoms with van der Waals surface area (Å²) in [5.74, 6) is -0.381. The maximum Gasteiger partial charge on any atom is 0.338 e. The van der Waals surface area contributed by atoms with E-state index in [1.54, 1.807) is 31.2 Å². The van der Waals surface area contributed by atoms with Crippen molar-refractivity contribution in [2.75, 3.05) is 18.5 Å². The number of benzene rings is 2. The molecule has 0 spiro atoms. The topological polar surface area (TPSA) is 67.4 Å². The summed E-state index contributed by atoms with van der Waals surface area (Å²) in [6.07, 6.45) is 0. The van der Waals surface area contributed by atoms with Crippen LogP contribution < -0.4 is 10.6 Å². The van der Waals surface area contributed by atoms with Crippen molar-refractivity contribution in [3.05, 3.63) is 64.7 Å². The summed E-state index contributed by atoms with van der Waals surface area (Å²) in [6, 6.07) is 13.8. The Labute approximate surface area is 158 Å². The first-order chi connectivity index (χ1) is 12.3. The van der Waals surface area contributed by atoms with Crippen LogP contribution in [0.3, 0.4) is 0 Å². The van der Waals surface area contributed by atoms with Gasteiger partial charge in [0.2, 0.25) is 0 Å². The molecule has 0 aliphatic rings. The smallest absolute Gasteiger partial charge is 0.338 e. The predicted molar refractivity (Wildman–Crippen MR) is 104 cm³/mol. The third-order valence-electron chi connectivity index (χ3n) is 3.97. The van der Waals surface area contributed by atoms with Crippen LogP contribution >= 0.6 is 11.6 Å². The van der Waals surface area contributed by atoms with E-state index < -0.39 is 0 Å². The minimum atomic E-state index is -0.381. The van der Waals surface area contributed by atoms with E-state index in [-0.39, 0.29) is 17.4 Å². The maximum atomic E-state index is 12.1. The van der Waals surface area contributed by atoms with Gasteiger partial charge in [-0.05, 0) is 48.9 Å². The van der Waals surface area contributed by atoms with E-state index >= 15 is 0 Å². The van der Waals surface area contributed by atoms with E-state index in [0.717, 1.165) is 5.56 Å². The molecule has 0 atom stereocenters. The average Bonchev–Trinajstić information content (AvgIpc) is 2.61. The molecule has 138 valence electrons. The number of amides is 2. The van der Waals surface area contributed by atoms with Crippen molar-refractivity contribution in [1.82, 2.24) is 5.32 Å². The zero-order chi connectivity index (χ0) is 19.2. The quantitative estimate of drug-likeness (QED) is 0.725. The van der Waals surface area contributed by atoms with Crippen LogP contribution in [0.2, 0.25) is 5.02 Å². The lowest BCUT2D eigenvalue weighted by Gasteiger charge is -2.25. The number of carbonyl (C=O) groups is 2. The van der Waals surface area contributed by atoms with Gasteiger partial charge in [-0.3, -0.25) is 0 Å². The van der Waals surface area contributed by atoms with E-state index in [0.29, 0.717) is 29.4 Å². The molecule has 2 aromatic rings. The lowest BCUT2D eigenvalue weighted by atomic mass is 9.85. The summed E-state index contributed by atoms with van der Waals surface area (Å²) >= 11 is 5.92. The van der Waals surface area contributed by atoms with Gasteiger partial charge in [0.15, 0.2) is 0 Å². The molecule has 0 saturated carbocycles. The minimum absolute atomic E-state index is 0.240. The van der Waals surface area contributed by atoms with Crippen molar-refractivity contribution in [3.63, 3.8) is 0 Å². The van der Waals surface area contributed by atoms with Gasteiger partial charge in [-0.15, -0.1) is 0 Å². The molecule has 0 aliphatic heterocycles. The van der Waals surface area contributed by atoms with Crippen LogP contribution in [0.25, 0.3) is 0 Å². The van der Waals surface area contributed by atoms with Crippen LogP contribution in [-0.4, -0.2) is 25.2 Å². The van der Waals surface area contributed by atoms with Crippen molar-refractivity contribution in [2.24, 2.45) is 0 Å². The number of carbonyl (C=O) groups excluding carboxylic acids is 2. The standard InChI is InChI=1S/C20H23ClN2O3/c1-4-26-18(24)14-5-11-17(12-6-14)23-19(25)22-13-20(2,3)15-7-9-16(21)10-8-15/h5-12H,4,13H2,1-3H3,(H2,22,23,25). The molecule has 2 amide bonds. The second kappa shape index (κ2) is 8.72. The van der Waals surface area contributed by atoms with Crippen LogP contribution in [0.5, 0.6) is 0 Å². The maximum absolute atomic E-state index is 12.1. The van der Waals surface area contributed by atoms with Crippen LogP contribution in [-0.2, 0) is 10.2 Å². The molecule has 0 aromatic heterocycles. The second-order valence-corrected chi connectivity index (χ2v) is 6.93. The highest BCUT2D eigenvalue weighted by Gasteiger charge is 2.21. The first kappa shape index (κ1) is 19.8. The predicted octanol–water partition coefficient (Wildman–Crippen LogP) is 4.62. The first-order valence-corrected chi connectivity index (χ1v) is 8.77. The highest BCUT2D eigenvalue weighted by atomic mass is 35.5. The van der Waals surface area contributed by atoms with Crippen molar-refractivity contribution in [2.45, 2.75) is 26.2 Å². The molecule has 26 heavy (non-hydrogen) atoms. The average molecular weight is 375 g/mol. The van der Waals surface area contributed by atoms with E-state index in [1.807, 2.05) is 38.1 Å². The lowest BCUT2D eigenvalue weighted by molar-refractivity contribution is 0.0526. The Morgan fingerprint density at radius 2 is 1.65 bits per heavy atom. The van der Waals surface area contributed by atoms with Gasteiger partial charge < -0.3 is 15.4 Å². The Hall–Kier alpha value is -2.53. The zero-order valence-electron chi connectivity index (χ0n) is 15.1. The highest BCUT2D eigenvalue weighted by molar-refractivity contribution is 6.30. The molecule has 2 N–H and O–H groups in total. The number of rotatable bonds is 6. The molecular formula is C20H23ClN2O3. The number of hydrogen-bond donors (Lipinski definition) is 2. The highest BCUT2D eigenvalue weighted by Crippen LogP contribution is 2.24. The first-order valence-electron chi connectivity index (χ1n) is 8.40. The molecular weight excluding hydrogens is 352 g/mol. The largest absolute Gasteiger partial charge is 0.462 e. The number of esters is 1. The number of hydrogen-bond acceptors (Lipinski definition) is 3. The minimum Gasteiger partial charge on any atom is -0.462 e. The van der Waals surface area contributed by atoms with Crippen LogP contribution in [0, 0.1) is 0 Å². The van der Waals surface area contributed by atoms with E-state index in [1.165, 1.54) is 0 Å². The van der Waals surface area contributed by atoms with Gasteiger partial charge >= 0.3 is 12.0 Å². The summed E-state index contributed by atoms with van der Waals surface area (Å²) in [4.78, 5) is 23.7. The van der Waals surface area contributed by atoms with Crippen molar-refractivity contribution in [1.29, 1.82) is 0 Å². The Kier molecular flexibility index (Phi) is 6.64. The van der Waals surface area contributed by atoms with Crippen LogP contribution in [0.1, 0.15) is 36.7 Å². The second-order valence-electron chi connectivity index (χ2n) is 6.50. The molecule has 0 saturated heterocycles. The molecule has 2 aromatic carbocycles. The van der Waals surface area contributed by atoms with Crippen molar-refractivity contribution < 1.29 is 14.3 Å². The molecule has 0 radical (unpaired) electrons. The number of halogens is 1.